The number of amides is 1. The minimum Gasteiger partial charge on any atom is -0.390 e. The first-order valence-corrected chi connectivity index (χ1v) is 13.9. The molecule has 3 aromatic rings. The summed E-state index contributed by atoms with van der Waals surface area (Å²) in [6.45, 7) is 3.52. The number of nitrogens with zero attached hydrogens (tertiary/aromatic N) is 5. The lowest BCUT2D eigenvalue weighted by molar-refractivity contribution is 0.0607. The summed E-state index contributed by atoms with van der Waals surface area (Å²) in [5.74, 6) is 0.594. The Morgan fingerprint density at radius 3 is 2.81 bits per heavy atom. The van der Waals surface area contributed by atoms with Crippen molar-refractivity contribution < 1.29 is 14.1 Å². The lowest BCUT2D eigenvalue weighted by Crippen LogP contribution is -2.39. The van der Waals surface area contributed by atoms with Gasteiger partial charge >= 0.3 is 0 Å². The van der Waals surface area contributed by atoms with Crippen LogP contribution in [0.25, 0.3) is 5.65 Å². The lowest BCUT2D eigenvalue weighted by atomic mass is 9.98. The third-order valence-corrected chi connectivity index (χ3v) is 7.57. The summed E-state index contributed by atoms with van der Waals surface area (Å²) in [5.41, 5.74) is 9.23. The number of aliphatic hydroxyl groups is 1. The first-order valence-electron chi connectivity index (χ1n) is 12.0. The molecule has 4 atom stereocenters. The van der Waals surface area contributed by atoms with Gasteiger partial charge in [-0.3, -0.25) is 4.79 Å². The molecule has 2 aromatic heterocycles. The SMILES string of the molecule is Cc1cn2nc(C3CCCCN3C(=O)c3cc(Cl)ccc3NS(C)=O)cc2nc1N1CC(N)C(O)C1. The van der Waals surface area contributed by atoms with Crippen LogP contribution in [0.4, 0.5) is 11.5 Å². The molecule has 36 heavy (non-hydrogen) atoms. The maximum atomic E-state index is 13.7. The minimum absolute atomic E-state index is 0.183. The average Bonchev–Trinajstić information content (AvgIpc) is 3.41. The van der Waals surface area contributed by atoms with Crippen LogP contribution in [0.3, 0.4) is 0 Å². The molecule has 0 bridgehead atoms. The zero-order chi connectivity index (χ0) is 25.6. The van der Waals surface area contributed by atoms with Crippen LogP contribution in [-0.4, -0.2) is 72.8 Å². The molecule has 12 heteroatoms. The molecule has 4 heterocycles. The Kier molecular flexibility index (Phi) is 6.90. The highest BCUT2D eigenvalue weighted by molar-refractivity contribution is 7.85. The van der Waals surface area contributed by atoms with Crippen LogP contribution in [0, 0.1) is 6.92 Å². The van der Waals surface area contributed by atoms with Gasteiger partial charge in [0.1, 0.15) is 16.8 Å². The summed E-state index contributed by atoms with van der Waals surface area (Å²) in [5, 5.41) is 15.3. The number of benzene rings is 1. The predicted molar refractivity (Wildman–Crippen MR) is 141 cm³/mol. The van der Waals surface area contributed by atoms with Crippen molar-refractivity contribution in [2.75, 3.05) is 35.5 Å². The summed E-state index contributed by atoms with van der Waals surface area (Å²) < 4.78 is 16.4. The number of aryl methyl sites for hydroxylation is 1. The van der Waals surface area contributed by atoms with Crippen molar-refractivity contribution in [3.8, 4) is 0 Å². The summed E-state index contributed by atoms with van der Waals surface area (Å²) in [6.07, 6.45) is 5.49. The number of hydrogen-bond acceptors (Lipinski definition) is 7. The number of fused-ring (bicyclic) bond motifs is 1. The third kappa shape index (κ3) is 4.80. The summed E-state index contributed by atoms with van der Waals surface area (Å²) in [4.78, 5) is 22.4. The molecule has 192 valence electrons. The van der Waals surface area contributed by atoms with Gasteiger partial charge in [-0.25, -0.2) is 13.7 Å². The van der Waals surface area contributed by atoms with Gasteiger partial charge in [-0.1, -0.05) is 11.6 Å². The van der Waals surface area contributed by atoms with Gasteiger partial charge in [0.05, 0.1) is 29.1 Å². The normalized spacial score (nSPS) is 23.3. The first-order chi connectivity index (χ1) is 17.2. The molecule has 0 aliphatic carbocycles. The van der Waals surface area contributed by atoms with Crippen molar-refractivity contribution in [2.45, 2.75) is 44.4 Å². The number of anilines is 2. The summed E-state index contributed by atoms with van der Waals surface area (Å²) >= 11 is 6.22. The number of rotatable bonds is 5. The molecule has 1 aromatic carbocycles. The third-order valence-electron chi connectivity index (χ3n) is 6.83. The largest absolute Gasteiger partial charge is 0.390 e. The van der Waals surface area contributed by atoms with E-state index in [0.717, 1.165) is 36.3 Å². The smallest absolute Gasteiger partial charge is 0.256 e. The first kappa shape index (κ1) is 24.9. The maximum Gasteiger partial charge on any atom is 0.256 e. The second kappa shape index (κ2) is 9.97. The van der Waals surface area contributed by atoms with E-state index < -0.39 is 17.1 Å². The quantitative estimate of drug-likeness (QED) is 0.460. The highest BCUT2D eigenvalue weighted by atomic mass is 35.5. The molecule has 5 rings (SSSR count). The summed E-state index contributed by atoms with van der Waals surface area (Å²) in [6, 6.07) is 6.35. The van der Waals surface area contributed by atoms with Crippen LogP contribution in [0.2, 0.25) is 5.02 Å². The number of nitrogens with one attached hydrogen (secondary N) is 1. The summed E-state index contributed by atoms with van der Waals surface area (Å²) in [7, 11) is -1.34. The van der Waals surface area contributed by atoms with E-state index in [9.17, 15) is 14.1 Å². The van der Waals surface area contributed by atoms with E-state index >= 15 is 0 Å². The van der Waals surface area contributed by atoms with E-state index in [1.165, 1.54) is 6.26 Å². The number of carbonyl (C=O) groups is 1. The zero-order valence-electron chi connectivity index (χ0n) is 20.2. The van der Waals surface area contributed by atoms with Gasteiger partial charge in [-0.2, -0.15) is 5.10 Å². The van der Waals surface area contributed by atoms with E-state index in [1.54, 1.807) is 22.7 Å². The van der Waals surface area contributed by atoms with Crippen molar-refractivity contribution in [2.24, 2.45) is 5.73 Å². The zero-order valence-corrected chi connectivity index (χ0v) is 21.8. The molecule has 4 unspecified atom stereocenters. The Balaban J connectivity index is 1.48. The molecule has 10 nitrogen and oxygen atoms in total. The van der Waals surface area contributed by atoms with Crippen molar-refractivity contribution in [3.63, 3.8) is 0 Å². The highest BCUT2D eigenvalue weighted by Crippen LogP contribution is 2.34. The Morgan fingerprint density at radius 1 is 1.28 bits per heavy atom. The van der Waals surface area contributed by atoms with Gasteiger partial charge in [0.2, 0.25) is 0 Å². The highest BCUT2D eigenvalue weighted by Gasteiger charge is 2.33. The van der Waals surface area contributed by atoms with Crippen LogP contribution in [0.15, 0.2) is 30.5 Å². The van der Waals surface area contributed by atoms with Gasteiger partial charge in [0.25, 0.3) is 5.91 Å². The van der Waals surface area contributed by atoms with Gasteiger partial charge in [0, 0.05) is 54.8 Å². The molecular formula is C24H30ClN7O3S. The molecule has 2 aliphatic rings. The number of carbonyl (C=O) groups excluding carboxylic acids is 1. The number of hydrogen-bond donors (Lipinski definition) is 3. The molecule has 2 fully saturated rings. The standard InChI is InChI=1S/C24H30ClN7O3S/c1-14-11-32-22(27-23(14)30-12-17(26)21(33)13-30)10-19(28-32)20-5-3-4-8-31(20)24(34)16-9-15(25)6-7-18(16)29-36(2)35/h6-7,9-11,17,20-21,29,33H,3-5,8,12-13,26H2,1-2H3. The van der Waals surface area contributed by atoms with E-state index in [1.807, 2.05) is 29.0 Å². The van der Waals surface area contributed by atoms with Crippen LogP contribution in [0.1, 0.15) is 46.9 Å². The van der Waals surface area contributed by atoms with E-state index in [4.69, 9.17) is 27.4 Å². The van der Waals surface area contributed by atoms with Crippen molar-refractivity contribution >= 4 is 45.6 Å². The number of aromatic nitrogens is 3. The second-order valence-corrected chi connectivity index (χ2v) is 11.1. The maximum absolute atomic E-state index is 13.7. The van der Waals surface area contributed by atoms with E-state index in [-0.39, 0.29) is 18.0 Å². The molecule has 0 radical (unpaired) electrons. The fraction of sp³-hybridized carbons (Fsp3) is 0.458. The Bertz CT molecular complexity index is 1320. The molecular weight excluding hydrogens is 502 g/mol. The van der Waals surface area contributed by atoms with Gasteiger partial charge < -0.3 is 25.4 Å². The Morgan fingerprint density at radius 2 is 2.08 bits per heavy atom. The van der Waals surface area contributed by atoms with Gasteiger partial charge in [0.15, 0.2) is 5.65 Å². The lowest BCUT2D eigenvalue weighted by Gasteiger charge is -2.35. The topological polar surface area (TPSA) is 129 Å². The molecule has 2 saturated heterocycles. The number of likely N-dealkylation sites (tertiary alicyclic amines) is 1. The molecule has 4 N–H and O–H groups in total. The van der Waals surface area contributed by atoms with E-state index in [0.29, 0.717) is 41.6 Å². The average molecular weight is 532 g/mol. The number of aliphatic hydroxyl groups excluding tert-OH is 1. The number of halogens is 1. The molecule has 0 saturated carbocycles. The fourth-order valence-electron chi connectivity index (χ4n) is 5.06. The second-order valence-electron chi connectivity index (χ2n) is 9.51. The van der Waals surface area contributed by atoms with Gasteiger partial charge in [-0.05, 0) is 44.4 Å². The van der Waals surface area contributed by atoms with Crippen LogP contribution >= 0.6 is 11.6 Å². The number of β-amino-alcohol motifs (C(OH)–C–C–N with tert-alkyl or cyclic N) is 1. The van der Waals surface area contributed by atoms with Crippen LogP contribution in [-0.2, 0) is 11.0 Å². The fourth-order valence-corrected chi connectivity index (χ4v) is 5.72. The molecule has 0 spiro atoms. The van der Waals surface area contributed by atoms with Crippen molar-refractivity contribution in [1.82, 2.24) is 19.5 Å². The molecule has 2 aliphatic heterocycles. The van der Waals surface area contributed by atoms with Crippen molar-refractivity contribution in [3.05, 3.63) is 52.3 Å². The van der Waals surface area contributed by atoms with Crippen molar-refractivity contribution in [1.29, 1.82) is 0 Å². The minimum atomic E-state index is -1.34. The Labute approximate surface area is 217 Å². The van der Waals surface area contributed by atoms with Crippen LogP contribution in [0.5, 0.6) is 0 Å². The Hall–Kier alpha value is -2.73. The number of nitrogens with two attached hydrogens (primary N) is 1. The molecule has 1 amide bonds. The predicted octanol–water partition coefficient (Wildman–Crippen LogP) is 2.27. The van der Waals surface area contributed by atoms with E-state index in [2.05, 4.69) is 4.72 Å². The van der Waals surface area contributed by atoms with Crippen LogP contribution < -0.4 is 15.4 Å². The number of piperidine rings is 1. The van der Waals surface area contributed by atoms with Gasteiger partial charge in [-0.15, -0.1) is 0 Å². The monoisotopic (exact) mass is 531 g/mol.